The lowest BCUT2D eigenvalue weighted by molar-refractivity contribution is 1.50. The molecule has 1 aromatic rings. The largest absolute Gasteiger partial charge is 0.144 e. The Balaban J connectivity index is 0.000000671. The highest BCUT2D eigenvalue weighted by Gasteiger charge is 2.00. The minimum Gasteiger partial charge on any atom is -0.144 e. The molecule has 0 aliphatic carbocycles. The van der Waals surface area contributed by atoms with Crippen LogP contribution in [0, 0.1) is 0 Å². The van der Waals surface area contributed by atoms with Crippen molar-refractivity contribution in [1.82, 2.24) is 0 Å². The van der Waals surface area contributed by atoms with Gasteiger partial charge in [-0.3, -0.25) is 0 Å². The number of thiophene rings is 1. The van der Waals surface area contributed by atoms with Crippen molar-refractivity contribution >= 4 is 23.0 Å². The zero-order valence-electron chi connectivity index (χ0n) is 8.92. The Morgan fingerprint density at radius 1 is 1.46 bits per heavy atom. The molecule has 0 unspecified atom stereocenters. The van der Waals surface area contributed by atoms with E-state index in [1.165, 1.54) is 16.0 Å². The molecule has 0 radical (unpaired) electrons. The third kappa shape index (κ3) is 3.19. The van der Waals surface area contributed by atoms with Crippen LogP contribution >= 0.6 is 11.3 Å². The Morgan fingerprint density at radius 2 is 2.08 bits per heavy atom. The maximum absolute atomic E-state index is 3.76. The van der Waals surface area contributed by atoms with Gasteiger partial charge in [0.05, 0.1) is 0 Å². The predicted molar refractivity (Wildman–Crippen MR) is 65.1 cm³/mol. The van der Waals surface area contributed by atoms with E-state index in [4.69, 9.17) is 0 Å². The molecule has 0 aliphatic heterocycles. The Hall–Kier alpha value is -0.820. The maximum atomic E-state index is 3.76. The molecular weight excluding hydrogens is 176 g/mol. The summed E-state index contributed by atoms with van der Waals surface area (Å²) in [4.78, 5) is 1.26. The second kappa shape index (κ2) is 6.67. The normalized spacial score (nSPS) is 10.3. The zero-order valence-corrected chi connectivity index (χ0v) is 9.74. The first-order chi connectivity index (χ1) is 6.29. The average Bonchev–Trinajstić information content (AvgIpc) is 2.67. The van der Waals surface area contributed by atoms with Crippen LogP contribution in [0.3, 0.4) is 0 Å². The minimum absolute atomic E-state index is 1.26. The number of allylic oxidation sites excluding steroid dienone is 2. The quantitative estimate of drug-likeness (QED) is 0.632. The van der Waals surface area contributed by atoms with Crippen molar-refractivity contribution in [3.8, 4) is 0 Å². The molecule has 0 aromatic carbocycles. The van der Waals surface area contributed by atoms with Crippen LogP contribution in [0.4, 0.5) is 0 Å². The van der Waals surface area contributed by atoms with E-state index >= 15 is 0 Å². The van der Waals surface area contributed by atoms with E-state index in [9.17, 15) is 0 Å². The van der Waals surface area contributed by atoms with Crippen molar-refractivity contribution in [3.05, 3.63) is 34.5 Å². The summed E-state index contributed by atoms with van der Waals surface area (Å²) in [5.41, 5.74) is 2.63. The molecule has 0 saturated heterocycles. The first-order valence-corrected chi connectivity index (χ1v) is 5.50. The molecule has 0 bridgehead atoms. The van der Waals surface area contributed by atoms with Crippen LogP contribution in [0.25, 0.3) is 11.6 Å². The maximum Gasteiger partial charge on any atom is 0.0339 e. The SMILES string of the molecule is C=Cc1sccc1/C(C)=C\C.CC. The molecule has 0 nitrogen and oxygen atoms in total. The lowest BCUT2D eigenvalue weighted by Gasteiger charge is -1.97. The summed E-state index contributed by atoms with van der Waals surface area (Å²) in [6.45, 7) is 11.9. The summed E-state index contributed by atoms with van der Waals surface area (Å²) in [7, 11) is 0. The standard InChI is InChI=1S/C10H12S.C2H6/c1-4-8(3)9-6-7-11-10(9)5-2;1-2/h4-7H,2H2,1,3H3;1-2H3/b8-4-;. The molecule has 0 spiro atoms. The first-order valence-electron chi connectivity index (χ1n) is 4.62. The van der Waals surface area contributed by atoms with Crippen LogP contribution in [0.2, 0.25) is 0 Å². The van der Waals surface area contributed by atoms with E-state index in [-0.39, 0.29) is 0 Å². The second-order valence-corrected chi connectivity index (χ2v) is 3.32. The molecule has 0 atom stereocenters. The monoisotopic (exact) mass is 194 g/mol. The molecule has 1 aromatic heterocycles. The Morgan fingerprint density at radius 3 is 2.54 bits per heavy atom. The average molecular weight is 194 g/mol. The molecule has 1 heteroatoms. The molecule has 0 N–H and O–H groups in total. The Kier molecular flexibility index (Phi) is 6.25. The fourth-order valence-corrected chi connectivity index (χ4v) is 1.76. The molecule has 1 rings (SSSR count). The van der Waals surface area contributed by atoms with Gasteiger partial charge < -0.3 is 0 Å². The second-order valence-electron chi connectivity index (χ2n) is 2.37. The van der Waals surface area contributed by atoms with E-state index in [0.29, 0.717) is 0 Å². The van der Waals surface area contributed by atoms with Gasteiger partial charge in [-0.15, -0.1) is 11.3 Å². The van der Waals surface area contributed by atoms with Crippen molar-refractivity contribution in [3.63, 3.8) is 0 Å². The van der Waals surface area contributed by atoms with Gasteiger partial charge in [-0.1, -0.05) is 32.6 Å². The van der Waals surface area contributed by atoms with E-state index in [1.807, 2.05) is 19.9 Å². The highest BCUT2D eigenvalue weighted by Crippen LogP contribution is 2.24. The highest BCUT2D eigenvalue weighted by atomic mass is 32.1. The van der Waals surface area contributed by atoms with Gasteiger partial charge in [-0.2, -0.15) is 0 Å². The highest BCUT2D eigenvalue weighted by molar-refractivity contribution is 7.11. The van der Waals surface area contributed by atoms with Gasteiger partial charge in [0.2, 0.25) is 0 Å². The molecule has 0 fully saturated rings. The number of hydrogen-bond acceptors (Lipinski definition) is 1. The van der Waals surface area contributed by atoms with Gasteiger partial charge in [0.15, 0.2) is 0 Å². The first kappa shape index (κ1) is 12.2. The van der Waals surface area contributed by atoms with Crippen LogP contribution in [-0.2, 0) is 0 Å². The summed E-state index contributed by atoms with van der Waals surface area (Å²) in [6.07, 6.45) is 4.03. The Labute approximate surface area is 85.6 Å². The summed E-state index contributed by atoms with van der Waals surface area (Å²) >= 11 is 1.73. The Bertz CT molecular complexity index is 279. The third-order valence-electron chi connectivity index (χ3n) is 1.74. The number of rotatable bonds is 2. The molecule has 13 heavy (non-hydrogen) atoms. The van der Waals surface area contributed by atoms with Gasteiger partial charge in [0.25, 0.3) is 0 Å². The van der Waals surface area contributed by atoms with E-state index < -0.39 is 0 Å². The zero-order chi connectivity index (χ0) is 10.3. The molecule has 0 amide bonds. The van der Waals surface area contributed by atoms with Crippen molar-refractivity contribution in [2.24, 2.45) is 0 Å². The van der Waals surface area contributed by atoms with Crippen LogP contribution in [0.15, 0.2) is 24.1 Å². The van der Waals surface area contributed by atoms with Crippen molar-refractivity contribution in [1.29, 1.82) is 0 Å². The number of hydrogen-bond donors (Lipinski definition) is 0. The molecule has 1 heterocycles. The third-order valence-corrected chi connectivity index (χ3v) is 2.65. The van der Waals surface area contributed by atoms with Crippen molar-refractivity contribution in [2.75, 3.05) is 0 Å². The van der Waals surface area contributed by atoms with E-state index in [1.54, 1.807) is 11.3 Å². The van der Waals surface area contributed by atoms with Crippen LogP contribution in [-0.4, -0.2) is 0 Å². The van der Waals surface area contributed by atoms with E-state index in [2.05, 4.69) is 37.9 Å². The fraction of sp³-hybridized carbons (Fsp3) is 0.333. The van der Waals surface area contributed by atoms with Gasteiger partial charge in [0, 0.05) is 4.88 Å². The summed E-state index contributed by atoms with van der Waals surface area (Å²) in [6, 6.07) is 2.14. The molecular formula is C12H18S. The summed E-state index contributed by atoms with van der Waals surface area (Å²) in [5, 5.41) is 2.10. The molecule has 72 valence electrons. The van der Waals surface area contributed by atoms with Crippen LogP contribution < -0.4 is 0 Å². The van der Waals surface area contributed by atoms with Crippen LogP contribution in [0.1, 0.15) is 38.1 Å². The fourth-order valence-electron chi connectivity index (χ4n) is 0.960. The smallest absolute Gasteiger partial charge is 0.0339 e. The van der Waals surface area contributed by atoms with Gasteiger partial charge in [0.1, 0.15) is 0 Å². The van der Waals surface area contributed by atoms with Gasteiger partial charge in [-0.25, -0.2) is 0 Å². The summed E-state index contributed by atoms with van der Waals surface area (Å²) < 4.78 is 0. The van der Waals surface area contributed by atoms with E-state index in [0.717, 1.165) is 0 Å². The van der Waals surface area contributed by atoms with Crippen LogP contribution in [0.5, 0.6) is 0 Å². The van der Waals surface area contributed by atoms with Gasteiger partial charge in [-0.05, 0) is 36.4 Å². The minimum atomic E-state index is 1.26. The molecule has 0 aliphatic rings. The lowest BCUT2D eigenvalue weighted by Crippen LogP contribution is -1.75. The lowest BCUT2D eigenvalue weighted by atomic mass is 10.1. The predicted octanol–water partition coefficient (Wildman–Crippen LogP) is 4.84. The van der Waals surface area contributed by atoms with Gasteiger partial charge >= 0.3 is 0 Å². The topological polar surface area (TPSA) is 0 Å². The van der Waals surface area contributed by atoms with Crippen molar-refractivity contribution in [2.45, 2.75) is 27.7 Å². The molecule has 0 saturated carbocycles. The van der Waals surface area contributed by atoms with Crippen molar-refractivity contribution < 1.29 is 0 Å². The summed E-state index contributed by atoms with van der Waals surface area (Å²) in [5.74, 6) is 0.